The predicted octanol–water partition coefficient (Wildman–Crippen LogP) is 1.63. The molecular formula is C17H26FN3O2. The van der Waals surface area contributed by atoms with Gasteiger partial charge in [-0.2, -0.15) is 0 Å². The molecule has 5 nitrogen and oxygen atoms in total. The number of carbonyl (C=O) groups is 2. The second-order valence-electron chi connectivity index (χ2n) is 6.85. The molecule has 0 bridgehead atoms. The van der Waals surface area contributed by atoms with Gasteiger partial charge in [-0.15, -0.1) is 0 Å². The van der Waals surface area contributed by atoms with Crippen LogP contribution in [0.3, 0.4) is 0 Å². The highest BCUT2D eigenvalue weighted by Crippen LogP contribution is 2.06. The van der Waals surface area contributed by atoms with Crippen molar-refractivity contribution in [1.82, 2.24) is 15.1 Å². The summed E-state index contributed by atoms with van der Waals surface area (Å²) in [5.41, 5.74) is 0.435. The fraction of sp³-hybridized carbons (Fsp3) is 0.529. The number of benzene rings is 1. The smallest absolute Gasteiger partial charge is 0.236 e. The Morgan fingerprint density at radius 2 is 1.83 bits per heavy atom. The lowest BCUT2D eigenvalue weighted by Gasteiger charge is -2.24. The van der Waals surface area contributed by atoms with E-state index in [1.54, 1.807) is 31.1 Å². The average Bonchev–Trinajstić information content (AvgIpc) is 2.35. The van der Waals surface area contributed by atoms with Crippen LogP contribution in [0.5, 0.6) is 0 Å². The Bertz CT molecular complexity index is 555. The molecule has 0 aliphatic carbocycles. The molecule has 2 amide bonds. The highest BCUT2D eigenvalue weighted by molar-refractivity contribution is 5.81. The molecule has 128 valence electrons. The van der Waals surface area contributed by atoms with Crippen LogP contribution in [0.1, 0.15) is 26.3 Å². The lowest BCUT2D eigenvalue weighted by Crippen LogP contribution is -2.46. The van der Waals surface area contributed by atoms with Crippen LogP contribution in [0.15, 0.2) is 24.3 Å². The fourth-order valence-electron chi connectivity index (χ4n) is 2.11. The number of likely N-dealkylation sites (N-methyl/N-ethyl adjacent to an activating group) is 2. The normalized spacial score (nSPS) is 11.4. The van der Waals surface area contributed by atoms with Crippen molar-refractivity contribution in [2.45, 2.75) is 32.9 Å². The van der Waals surface area contributed by atoms with Gasteiger partial charge >= 0.3 is 0 Å². The lowest BCUT2D eigenvalue weighted by molar-refractivity contribution is -0.132. The molecule has 1 aromatic carbocycles. The fourth-order valence-corrected chi connectivity index (χ4v) is 2.11. The minimum absolute atomic E-state index is 0.124. The van der Waals surface area contributed by atoms with Crippen molar-refractivity contribution in [3.05, 3.63) is 35.6 Å². The third-order valence-corrected chi connectivity index (χ3v) is 3.07. The summed E-state index contributed by atoms with van der Waals surface area (Å²) in [6, 6.07) is 6.16. The zero-order valence-electron chi connectivity index (χ0n) is 14.5. The summed E-state index contributed by atoms with van der Waals surface area (Å²) in [5, 5.41) is 2.85. The molecule has 0 spiro atoms. The first-order chi connectivity index (χ1) is 10.6. The Morgan fingerprint density at radius 3 is 2.39 bits per heavy atom. The summed E-state index contributed by atoms with van der Waals surface area (Å²) < 4.78 is 13.2. The van der Waals surface area contributed by atoms with Gasteiger partial charge in [-0.1, -0.05) is 12.1 Å². The van der Waals surface area contributed by atoms with E-state index in [4.69, 9.17) is 0 Å². The molecule has 0 aliphatic rings. The number of nitrogens with zero attached hydrogens (tertiary/aromatic N) is 2. The minimum atomic E-state index is -0.320. The van der Waals surface area contributed by atoms with Crippen LogP contribution in [-0.4, -0.2) is 54.3 Å². The monoisotopic (exact) mass is 323 g/mol. The first-order valence-corrected chi connectivity index (χ1v) is 7.55. The van der Waals surface area contributed by atoms with Crippen molar-refractivity contribution in [1.29, 1.82) is 0 Å². The van der Waals surface area contributed by atoms with E-state index in [9.17, 15) is 14.0 Å². The predicted molar refractivity (Wildman–Crippen MR) is 88.3 cm³/mol. The molecule has 0 aromatic heterocycles. The largest absolute Gasteiger partial charge is 0.350 e. The molecule has 0 fully saturated rings. The molecule has 1 rings (SSSR count). The maximum Gasteiger partial charge on any atom is 0.236 e. The summed E-state index contributed by atoms with van der Waals surface area (Å²) in [5.74, 6) is -0.569. The molecule has 6 heteroatoms. The van der Waals surface area contributed by atoms with E-state index in [2.05, 4.69) is 5.32 Å². The van der Waals surface area contributed by atoms with Crippen LogP contribution in [0.25, 0.3) is 0 Å². The van der Waals surface area contributed by atoms with Gasteiger partial charge in [-0.05, 0) is 45.5 Å². The van der Waals surface area contributed by atoms with Gasteiger partial charge in [0.2, 0.25) is 11.8 Å². The van der Waals surface area contributed by atoms with Gasteiger partial charge in [0.1, 0.15) is 5.82 Å². The van der Waals surface area contributed by atoms with Crippen molar-refractivity contribution in [3.63, 3.8) is 0 Å². The van der Waals surface area contributed by atoms with E-state index in [1.807, 2.05) is 20.8 Å². The van der Waals surface area contributed by atoms with Gasteiger partial charge in [0.25, 0.3) is 0 Å². The second-order valence-corrected chi connectivity index (χ2v) is 6.85. The van der Waals surface area contributed by atoms with Crippen LogP contribution in [0.4, 0.5) is 4.39 Å². The number of carbonyl (C=O) groups excluding carboxylic acids is 2. The Labute approximate surface area is 137 Å². The van der Waals surface area contributed by atoms with E-state index in [0.717, 1.165) is 5.56 Å². The third kappa shape index (κ3) is 7.74. The SMILES string of the molecule is CN(CC(=O)NC(C)(C)C)CC(=O)N(C)Cc1cccc(F)c1. The Kier molecular flexibility index (Phi) is 6.69. The number of halogens is 1. The average molecular weight is 323 g/mol. The van der Waals surface area contributed by atoms with Crippen LogP contribution in [0, 0.1) is 5.82 Å². The maximum absolute atomic E-state index is 13.2. The summed E-state index contributed by atoms with van der Waals surface area (Å²) in [6.45, 7) is 6.33. The number of hydrogen-bond acceptors (Lipinski definition) is 3. The molecule has 0 aliphatic heterocycles. The topological polar surface area (TPSA) is 52.7 Å². The van der Waals surface area contributed by atoms with E-state index in [1.165, 1.54) is 17.0 Å². The molecule has 0 unspecified atom stereocenters. The summed E-state index contributed by atoms with van der Waals surface area (Å²) in [6.07, 6.45) is 0. The standard InChI is InChI=1S/C17H26FN3O2/c1-17(2,3)19-15(22)11-20(4)12-16(23)21(5)10-13-7-6-8-14(18)9-13/h6-9H,10-12H2,1-5H3,(H,19,22). The van der Waals surface area contributed by atoms with Gasteiger partial charge in [-0.3, -0.25) is 14.5 Å². The molecule has 1 N–H and O–H groups in total. The quantitative estimate of drug-likeness (QED) is 0.866. The van der Waals surface area contributed by atoms with E-state index < -0.39 is 0 Å². The van der Waals surface area contributed by atoms with Crippen LogP contribution in [-0.2, 0) is 16.1 Å². The van der Waals surface area contributed by atoms with Gasteiger partial charge in [0, 0.05) is 19.1 Å². The number of hydrogen-bond donors (Lipinski definition) is 1. The number of rotatable bonds is 6. The van der Waals surface area contributed by atoms with Crippen molar-refractivity contribution in [2.24, 2.45) is 0 Å². The summed E-state index contributed by atoms with van der Waals surface area (Å²) in [4.78, 5) is 27.2. The van der Waals surface area contributed by atoms with Gasteiger partial charge in [-0.25, -0.2) is 4.39 Å². The molecule has 0 saturated heterocycles. The molecule has 0 heterocycles. The summed E-state index contributed by atoms with van der Waals surface area (Å²) in [7, 11) is 3.38. The first kappa shape index (κ1) is 19.1. The second kappa shape index (κ2) is 8.06. The molecule has 23 heavy (non-hydrogen) atoms. The highest BCUT2D eigenvalue weighted by atomic mass is 19.1. The van der Waals surface area contributed by atoms with Gasteiger partial charge in [0.15, 0.2) is 0 Å². The van der Waals surface area contributed by atoms with Crippen LogP contribution in [0.2, 0.25) is 0 Å². The van der Waals surface area contributed by atoms with Gasteiger partial charge in [0.05, 0.1) is 13.1 Å². The van der Waals surface area contributed by atoms with E-state index in [-0.39, 0.29) is 36.3 Å². The van der Waals surface area contributed by atoms with Crippen molar-refractivity contribution >= 4 is 11.8 Å². The highest BCUT2D eigenvalue weighted by Gasteiger charge is 2.17. The van der Waals surface area contributed by atoms with Crippen molar-refractivity contribution in [2.75, 3.05) is 27.2 Å². The van der Waals surface area contributed by atoms with E-state index >= 15 is 0 Å². The zero-order chi connectivity index (χ0) is 17.6. The molecule has 0 radical (unpaired) electrons. The molecular weight excluding hydrogens is 297 g/mol. The molecule has 0 saturated carbocycles. The van der Waals surface area contributed by atoms with Crippen molar-refractivity contribution in [3.8, 4) is 0 Å². The Hall–Kier alpha value is -1.95. The van der Waals surface area contributed by atoms with Gasteiger partial charge < -0.3 is 10.2 Å². The first-order valence-electron chi connectivity index (χ1n) is 7.55. The van der Waals surface area contributed by atoms with E-state index in [0.29, 0.717) is 6.54 Å². The Balaban J connectivity index is 2.46. The molecule has 1 aromatic rings. The van der Waals surface area contributed by atoms with Crippen LogP contribution >= 0.6 is 0 Å². The lowest BCUT2D eigenvalue weighted by atomic mass is 10.1. The summed E-state index contributed by atoms with van der Waals surface area (Å²) >= 11 is 0. The Morgan fingerprint density at radius 1 is 1.17 bits per heavy atom. The number of amides is 2. The van der Waals surface area contributed by atoms with Crippen LogP contribution < -0.4 is 5.32 Å². The minimum Gasteiger partial charge on any atom is -0.350 e. The van der Waals surface area contributed by atoms with Crippen molar-refractivity contribution < 1.29 is 14.0 Å². The third-order valence-electron chi connectivity index (χ3n) is 3.07. The number of nitrogens with one attached hydrogen (secondary N) is 1. The maximum atomic E-state index is 13.2. The zero-order valence-corrected chi connectivity index (χ0v) is 14.5. The molecule has 0 atom stereocenters.